The highest BCUT2D eigenvalue weighted by Gasteiger charge is 2.66. The van der Waals surface area contributed by atoms with Gasteiger partial charge in [0.05, 0.1) is 0 Å². The average Bonchev–Trinajstić information content (AvgIpc) is 3.54. The molecule has 0 saturated heterocycles. The minimum Gasteiger partial charge on any atom is -0.455 e. The molecule has 0 amide bonds. The molecule has 0 radical (unpaired) electrons. The fourth-order valence-electron chi connectivity index (χ4n) is 5.58. The fraction of sp³-hybridized carbons (Fsp3) is 0.526. The first-order valence-corrected chi connectivity index (χ1v) is 20.4. The summed E-state index contributed by atoms with van der Waals surface area (Å²) in [5.41, 5.74) is -9.37. The number of carbonyl (C=O) groups excluding carboxylic acids is 3. The van der Waals surface area contributed by atoms with Gasteiger partial charge in [-0.05, 0) is 25.1 Å². The number of imidazole rings is 1. The molecule has 0 N–H and O–H groups in total. The molecule has 3 aromatic rings. The van der Waals surface area contributed by atoms with Crippen molar-refractivity contribution in [3.05, 3.63) is 89.5 Å². The first-order chi connectivity index (χ1) is 25.9. The van der Waals surface area contributed by atoms with Crippen molar-refractivity contribution in [3.63, 3.8) is 0 Å². The number of halogens is 6. The Labute approximate surface area is 322 Å². The predicted octanol–water partition coefficient (Wildman–Crippen LogP) is 8.20. The van der Waals surface area contributed by atoms with Gasteiger partial charge in [0, 0.05) is 58.1 Å². The van der Waals surface area contributed by atoms with Gasteiger partial charge in [-0.1, -0.05) is 81.4 Å². The number of aromatic nitrogens is 2. The highest BCUT2D eigenvalue weighted by Crippen LogP contribution is 2.46. The number of ether oxygens (including phenoxy) is 5. The van der Waals surface area contributed by atoms with Crippen LogP contribution in [0.15, 0.2) is 66.9 Å². The molecule has 0 spiro atoms. The molecular formula is C38H48F6N2O9Si. The maximum atomic E-state index is 15.1. The number of Topliss-reactive ketones (excluding diaryl/α,β-unsaturated/α-hetero) is 1. The summed E-state index contributed by atoms with van der Waals surface area (Å²) < 4.78 is 124. The SMILES string of the molecule is CCOCn1cc([C@@H](OC(=O)C(OC)(c2ccccc2)C(F)(F)F)[C@@H](CCO[Si](C)(C)C(C)(C)C)OC(=O)C(OC)(c2ccccc2)C(F)(F)F)nc1C(C)=O. The van der Waals surface area contributed by atoms with E-state index in [1.54, 1.807) is 6.92 Å². The molecule has 3 rings (SSSR count). The van der Waals surface area contributed by atoms with Crippen LogP contribution in [0.3, 0.4) is 0 Å². The second kappa shape index (κ2) is 18.0. The van der Waals surface area contributed by atoms with Gasteiger partial charge >= 0.3 is 24.3 Å². The molecular weight excluding hydrogens is 770 g/mol. The lowest BCUT2D eigenvalue weighted by atomic mass is 9.92. The number of ketones is 1. The van der Waals surface area contributed by atoms with E-state index in [2.05, 4.69) is 4.98 Å². The molecule has 1 heterocycles. The summed E-state index contributed by atoms with van der Waals surface area (Å²) in [6.45, 7) is 11.8. The van der Waals surface area contributed by atoms with E-state index in [0.29, 0.717) is 14.2 Å². The van der Waals surface area contributed by atoms with Crippen molar-refractivity contribution in [2.45, 2.75) is 102 Å². The zero-order valence-corrected chi connectivity index (χ0v) is 33.7. The topological polar surface area (TPSA) is 124 Å². The van der Waals surface area contributed by atoms with Crippen LogP contribution < -0.4 is 0 Å². The van der Waals surface area contributed by atoms with Gasteiger partial charge in [-0.3, -0.25) is 4.79 Å². The van der Waals surface area contributed by atoms with Gasteiger partial charge in [0.1, 0.15) is 18.5 Å². The summed E-state index contributed by atoms with van der Waals surface area (Å²) in [5.74, 6) is -5.06. The second-order valence-electron chi connectivity index (χ2n) is 14.3. The number of esters is 2. The number of benzene rings is 2. The van der Waals surface area contributed by atoms with Gasteiger partial charge in [0.25, 0.3) is 11.2 Å². The molecule has 56 heavy (non-hydrogen) atoms. The first-order valence-electron chi connectivity index (χ1n) is 17.5. The van der Waals surface area contributed by atoms with E-state index in [1.807, 2.05) is 33.9 Å². The van der Waals surface area contributed by atoms with Crippen molar-refractivity contribution in [1.29, 1.82) is 0 Å². The summed E-state index contributed by atoms with van der Waals surface area (Å²) in [5, 5.41) is -0.380. The van der Waals surface area contributed by atoms with Crippen molar-refractivity contribution in [2.24, 2.45) is 0 Å². The zero-order chi connectivity index (χ0) is 42.3. The molecule has 4 atom stereocenters. The van der Waals surface area contributed by atoms with E-state index < -0.39 is 85.0 Å². The highest BCUT2D eigenvalue weighted by atomic mass is 28.4. The van der Waals surface area contributed by atoms with Gasteiger partial charge < -0.3 is 32.7 Å². The van der Waals surface area contributed by atoms with Gasteiger partial charge in [0.2, 0.25) is 0 Å². The Hall–Kier alpha value is -4.10. The number of nitrogens with zero attached hydrogens (tertiary/aromatic N) is 2. The van der Waals surface area contributed by atoms with Crippen molar-refractivity contribution in [1.82, 2.24) is 9.55 Å². The lowest BCUT2D eigenvalue weighted by molar-refractivity contribution is -0.286. The van der Waals surface area contributed by atoms with Gasteiger partial charge in [0.15, 0.2) is 26.0 Å². The molecule has 0 aliphatic rings. The first kappa shape index (κ1) is 46.3. The van der Waals surface area contributed by atoms with E-state index in [4.69, 9.17) is 28.1 Å². The Morgan fingerprint density at radius 1 is 0.786 bits per heavy atom. The second-order valence-corrected chi connectivity index (χ2v) is 19.1. The minimum absolute atomic E-state index is 0.156. The number of methoxy groups -OCH3 is 2. The quantitative estimate of drug-likeness (QED) is 0.0537. The van der Waals surface area contributed by atoms with Crippen LogP contribution in [0, 0.1) is 0 Å². The van der Waals surface area contributed by atoms with Crippen molar-refractivity contribution >= 4 is 26.0 Å². The van der Waals surface area contributed by atoms with Crippen LogP contribution in [0.5, 0.6) is 0 Å². The standard InChI is InChI=1S/C38H48F6N2O9Si/c1-10-52-24-46-23-28(45-31(46)25(2)47)30(55-33(49)36(51-7,38(42,43)44)27-19-15-12-16-20-27)29(21-22-53-56(8,9)34(3,4)5)54-32(48)35(50-6,37(39,40)41)26-17-13-11-14-18-26/h11-20,23,29-30H,10,21-22,24H2,1-9H3/t29-,30-,35?,36?/m1/s1. The number of carbonyl (C=O) groups is 3. The molecule has 11 nitrogen and oxygen atoms in total. The largest absolute Gasteiger partial charge is 0.455 e. The van der Waals surface area contributed by atoms with Crippen LogP contribution >= 0.6 is 0 Å². The smallest absolute Gasteiger partial charge is 0.432 e. The maximum absolute atomic E-state index is 15.1. The number of hydrogen-bond donors (Lipinski definition) is 0. The summed E-state index contributed by atoms with van der Waals surface area (Å²) >= 11 is 0. The average molecular weight is 819 g/mol. The van der Waals surface area contributed by atoms with Gasteiger partial charge in [-0.2, -0.15) is 26.3 Å². The van der Waals surface area contributed by atoms with Crippen molar-refractivity contribution in [3.8, 4) is 0 Å². The minimum atomic E-state index is -5.48. The van der Waals surface area contributed by atoms with E-state index in [9.17, 15) is 14.4 Å². The molecule has 0 saturated carbocycles. The Morgan fingerprint density at radius 2 is 1.25 bits per heavy atom. The molecule has 0 bridgehead atoms. The lowest BCUT2D eigenvalue weighted by Crippen LogP contribution is -2.54. The summed E-state index contributed by atoms with van der Waals surface area (Å²) in [4.78, 5) is 45.2. The Bertz CT molecular complexity index is 1780. The number of rotatable bonds is 18. The number of hydrogen-bond acceptors (Lipinski definition) is 10. The van der Waals surface area contributed by atoms with Crippen LogP contribution in [0.4, 0.5) is 26.3 Å². The van der Waals surface area contributed by atoms with Crippen LogP contribution in [-0.4, -0.2) is 81.5 Å². The van der Waals surface area contributed by atoms with E-state index >= 15 is 26.3 Å². The maximum Gasteiger partial charge on any atom is 0.432 e. The van der Waals surface area contributed by atoms with Crippen LogP contribution in [0.1, 0.15) is 74.6 Å². The summed E-state index contributed by atoms with van der Waals surface area (Å²) in [6, 6.07) is 11.6. The fourth-order valence-corrected chi connectivity index (χ4v) is 6.64. The predicted molar refractivity (Wildman–Crippen MR) is 193 cm³/mol. The van der Waals surface area contributed by atoms with E-state index in [-0.39, 0.29) is 30.8 Å². The highest BCUT2D eigenvalue weighted by molar-refractivity contribution is 6.74. The number of alkyl halides is 6. The molecule has 0 aliphatic heterocycles. The normalized spacial score (nSPS) is 16.0. The third-order valence-corrected chi connectivity index (χ3v) is 14.2. The molecule has 0 aliphatic carbocycles. The zero-order valence-electron chi connectivity index (χ0n) is 32.7. The summed E-state index contributed by atoms with van der Waals surface area (Å²) in [7, 11) is -1.36. The Balaban J connectivity index is 2.35. The third kappa shape index (κ3) is 9.53. The lowest BCUT2D eigenvalue weighted by Gasteiger charge is -2.38. The van der Waals surface area contributed by atoms with Crippen LogP contribution in [-0.2, 0) is 55.6 Å². The Morgan fingerprint density at radius 3 is 1.64 bits per heavy atom. The Kier molecular flexibility index (Phi) is 14.9. The molecule has 0 fully saturated rings. The molecule has 1 aromatic heterocycles. The van der Waals surface area contributed by atoms with E-state index in [0.717, 1.165) is 42.0 Å². The molecule has 2 unspecified atom stereocenters. The van der Waals surface area contributed by atoms with Crippen molar-refractivity contribution < 1.29 is 68.8 Å². The van der Waals surface area contributed by atoms with Gasteiger partial charge in [-0.15, -0.1) is 0 Å². The molecule has 18 heteroatoms. The monoisotopic (exact) mass is 818 g/mol. The van der Waals surface area contributed by atoms with Crippen LogP contribution in [0.25, 0.3) is 0 Å². The summed E-state index contributed by atoms with van der Waals surface area (Å²) in [6.07, 6.45) is -14.6. The molecule has 310 valence electrons. The van der Waals surface area contributed by atoms with Gasteiger partial charge in [-0.25, -0.2) is 14.6 Å². The van der Waals surface area contributed by atoms with E-state index in [1.165, 1.54) is 36.4 Å². The van der Waals surface area contributed by atoms with Crippen LogP contribution in [0.2, 0.25) is 18.1 Å². The van der Waals surface area contributed by atoms with Crippen molar-refractivity contribution in [2.75, 3.05) is 27.4 Å². The molecule has 2 aromatic carbocycles. The third-order valence-electron chi connectivity index (χ3n) is 9.68.